The highest BCUT2D eigenvalue weighted by atomic mass is 19.1. The van der Waals surface area contributed by atoms with Crippen LogP contribution in [0.25, 0.3) is 0 Å². The van der Waals surface area contributed by atoms with E-state index in [-0.39, 0.29) is 17.1 Å². The minimum absolute atomic E-state index is 0.0259. The van der Waals surface area contributed by atoms with Gasteiger partial charge < -0.3 is 11.1 Å². The van der Waals surface area contributed by atoms with E-state index in [9.17, 15) is 13.6 Å². The number of rotatable bonds is 4. The van der Waals surface area contributed by atoms with E-state index in [0.29, 0.717) is 5.56 Å². The lowest BCUT2D eigenvalue weighted by Crippen LogP contribution is -2.31. The first kappa shape index (κ1) is 16.4. The molecule has 0 unspecified atom stereocenters. The van der Waals surface area contributed by atoms with Gasteiger partial charge in [0.15, 0.2) is 11.5 Å². The van der Waals surface area contributed by atoms with E-state index >= 15 is 0 Å². The predicted molar refractivity (Wildman–Crippen MR) is 86.3 cm³/mol. The number of hydrogen-bond acceptors (Lipinski definition) is 5. The Bertz CT molecular complexity index is 905. The van der Waals surface area contributed by atoms with Crippen molar-refractivity contribution in [3.8, 4) is 0 Å². The molecule has 3 rings (SSSR count). The second-order valence-electron chi connectivity index (χ2n) is 5.14. The molecular formula is C17H13F2N5O. The van der Waals surface area contributed by atoms with Gasteiger partial charge in [0.2, 0.25) is 0 Å². The molecular weight excluding hydrogens is 328 g/mol. The highest BCUT2D eigenvalue weighted by Gasteiger charge is 2.23. The fourth-order valence-electron chi connectivity index (χ4n) is 2.36. The van der Waals surface area contributed by atoms with Gasteiger partial charge in [-0.25, -0.2) is 18.7 Å². The first-order valence-corrected chi connectivity index (χ1v) is 7.28. The van der Waals surface area contributed by atoms with Crippen LogP contribution in [0.3, 0.4) is 0 Å². The van der Waals surface area contributed by atoms with E-state index in [0.717, 1.165) is 18.2 Å². The van der Waals surface area contributed by atoms with E-state index in [1.54, 1.807) is 12.1 Å². The molecule has 0 aliphatic carbocycles. The number of carbonyl (C=O) groups is 1. The van der Waals surface area contributed by atoms with Crippen LogP contribution in [-0.4, -0.2) is 20.9 Å². The molecule has 2 aromatic heterocycles. The summed E-state index contributed by atoms with van der Waals surface area (Å²) in [7, 11) is 0. The number of benzene rings is 1. The molecule has 2 heterocycles. The van der Waals surface area contributed by atoms with Crippen molar-refractivity contribution in [2.45, 2.75) is 6.04 Å². The van der Waals surface area contributed by atoms with Gasteiger partial charge in [0.25, 0.3) is 5.91 Å². The monoisotopic (exact) mass is 341 g/mol. The lowest BCUT2D eigenvalue weighted by atomic mass is 9.98. The average molecular weight is 341 g/mol. The Kier molecular flexibility index (Phi) is 4.60. The molecule has 1 aromatic carbocycles. The van der Waals surface area contributed by atoms with E-state index in [2.05, 4.69) is 20.3 Å². The predicted octanol–water partition coefficient (Wildman–Crippen LogP) is 2.25. The highest BCUT2D eigenvalue weighted by molar-refractivity contribution is 5.96. The molecule has 25 heavy (non-hydrogen) atoms. The van der Waals surface area contributed by atoms with Crippen molar-refractivity contribution in [2.75, 3.05) is 5.73 Å². The van der Waals surface area contributed by atoms with Gasteiger partial charge >= 0.3 is 0 Å². The first-order valence-electron chi connectivity index (χ1n) is 7.28. The summed E-state index contributed by atoms with van der Waals surface area (Å²) in [6, 6.07) is 5.27. The number of pyridine rings is 1. The summed E-state index contributed by atoms with van der Waals surface area (Å²) in [5.74, 6) is -2.00. The molecule has 0 fully saturated rings. The van der Waals surface area contributed by atoms with E-state index in [4.69, 9.17) is 5.73 Å². The quantitative estimate of drug-likeness (QED) is 0.759. The maximum atomic E-state index is 14.3. The van der Waals surface area contributed by atoms with Crippen LogP contribution < -0.4 is 11.1 Å². The number of nitrogen functional groups attached to an aromatic ring is 1. The lowest BCUT2D eigenvalue weighted by Gasteiger charge is -2.20. The number of hydrogen-bond donors (Lipinski definition) is 2. The minimum atomic E-state index is -0.951. The van der Waals surface area contributed by atoms with Crippen molar-refractivity contribution in [2.24, 2.45) is 0 Å². The zero-order valence-electron chi connectivity index (χ0n) is 12.9. The number of anilines is 1. The molecule has 3 aromatic rings. The van der Waals surface area contributed by atoms with Gasteiger partial charge in [-0.2, -0.15) is 0 Å². The number of carbonyl (C=O) groups excluding carboxylic acids is 1. The number of nitrogens with two attached hydrogens (primary N) is 1. The minimum Gasteiger partial charge on any atom is -0.382 e. The number of aromatic nitrogens is 3. The molecule has 0 aliphatic rings. The second-order valence-corrected chi connectivity index (χ2v) is 5.14. The first-order chi connectivity index (χ1) is 12.1. The van der Waals surface area contributed by atoms with E-state index in [1.807, 2.05) is 0 Å². The molecule has 6 nitrogen and oxygen atoms in total. The highest BCUT2D eigenvalue weighted by Crippen LogP contribution is 2.25. The van der Waals surface area contributed by atoms with Crippen LogP contribution in [0.2, 0.25) is 0 Å². The van der Waals surface area contributed by atoms with Gasteiger partial charge in [0, 0.05) is 30.4 Å². The van der Waals surface area contributed by atoms with Gasteiger partial charge in [-0.15, -0.1) is 0 Å². The van der Waals surface area contributed by atoms with Crippen LogP contribution in [0, 0.1) is 11.6 Å². The van der Waals surface area contributed by atoms with Gasteiger partial charge in [-0.05, 0) is 35.9 Å². The van der Waals surface area contributed by atoms with E-state index in [1.165, 1.54) is 24.8 Å². The Morgan fingerprint density at radius 3 is 2.48 bits per heavy atom. The number of amides is 1. The molecule has 0 saturated carbocycles. The van der Waals surface area contributed by atoms with Crippen LogP contribution in [0.15, 0.2) is 55.1 Å². The van der Waals surface area contributed by atoms with Crippen molar-refractivity contribution in [3.05, 3.63) is 83.6 Å². The maximum absolute atomic E-state index is 14.3. The molecule has 1 amide bonds. The van der Waals surface area contributed by atoms with Crippen LogP contribution in [-0.2, 0) is 0 Å². The van der Waals surface area contributed by atoms with Gasteiger partial charge in [0.1, 0.15) is 11.6 Å². The average Bonchev–Trinajstić information content (AvgIpc) is 2.63. The Morgan fingerprint density at radius 1 is 1.04 bits per heavy atom. The van der Waals surface area contributed by atoms with Crippen molar-refractivity contribution in [1.29, 1.82) is 0 Å². The molecule has 0 saturated heterocycles. The number of nitrogens with zero attached hydrogens (tertiary/aromatic N) is 3. The lowest BCUT2D eigenvalue weighted by molar-refractivity contribution is 0.0938. The SMILES string of the molecule is Nc1nccnc1C(=O)N[C@@H](c1ccncc1)c1cc(F)ccc1F. The summed E-state index contributed by atoms with van der Waals surface area (Å²) in [5.41, 5.74) is 6.05. The summed E-state index contributed by atoms with van der Waals surface area (Å²) in [5, 5.41) is 2.62. The Labute approximate surface area is 141 Å². The maximum Gasteiger partial charge on any atom is 0.274 e. The Hall–Kier alpha value is -3.42. The Balaban J connectivity index is 2.02. The zero-order valence-corrected chi connectivity index (χ0v) is 12.9. The van der Waals surface area contributed by atoms with Crippen LogP contribution in [0.5, 0.6) is 0 Å². The van der Waals surface area contributed by atoms with Crippen molar-refractivity contribution in [1.82, 2.24) is 20.3 Å². The van der Waals surface area contributed by atoms with Crippen LogP contribution in [0.4, 0.5) is 14.6 Å². The summed E-state index contributed by atoms with van der Waals surface area (Å²) < 4.78 is 27.9. The molecule has 0 spiro atoms. The molecule has 3 N–H and O–H groups in total. The van der Waals surface area contributed by atoms with E-state index < -0.39 is 23.6 Å². The van der Waals surface area contributed by atoms with Gasteiger partial charge in [-0.1, -0.05) is 0 Å². The second kappa shape index (κ2) is 7.00. The molecule has 1 atom stereocenters. The Morgan fingerprint density at radius 2 is 1.76 bits per heavy atom. The fraction of sp³-hybridized carbons (Fsp3) is 0.0588. The molecule has 126 valence electrons. The van der Waals surface area contributed by atoms with Crippen molar-refractivity contribution >= 4 is 11.7 Å². The third-order valence-corrected chi connectivity index (χ3v) is 3.53. The van der Waals surface area contributed by atoms with Crippen LogP contribution in [0.1, 0.15) is 27.7 Å². The number of nitrogens with one attached hydrogen (secondary N) is 1. The topological polar surface area (TPSA) is 93.8 Å². The fourth-order valence-corrected chi connectivity index (χ4v) is 2.36. The normalized spacial score (nSPS) is 11.8. The smallest absolute Gasteiger partial charge is 0.274 e. The standard InChI is InChI=1S/C17H13F2N5O/c18-11-1-2-13(19)12(9-11)14(10-3-5-21-6-4-10)24-17(25)15-16(20)23-8-7-22-15/h1-9,14H,(H2,20,23)(H,24,25)/t14-/m0/s1. The van der Waals surface area contributed by atoms with Crippen molar-refractivity contribution < 1.29 is 13.6 Å². The van der Waals surface area contributed by atoms with Crippen molar-refractivity contribution in [3.63, 3.8) is 0 Å². The van der Waals surface area contributed by atoms with Gasteiger partial charge in [-0.3, -0.25) is 9.78 Å². The summed E-state index contributed by atoms with van der Waals surface area (Å²) >= 11 is 0. The third-order valence-electron chi connectivity index (χ3n) is 3.53. The molecule has 0 bridgehead atoms. The summed E-state index contributed by atoms with van der Waals surface area (Å²) in [6.07, 6.45) is 5.64. The molecule has 0 radical (unpaired) electrons. The molecule has 8 heteroatoms. The number of halogens is 2. The molecule has 0 aliphatic heterocycles. The zero-order chi connectivity index (χ0) is 17.8. The largest absolute Gasteiger partial charge is 0.382 e. The summed E-state index contributed by atoms with van der Waals surface area (Å²) in [4.78, 5) is 24.1. The van der Waals surface area contributed by atoms with Gasteiger partial charge in [0.05, 0.1) is 6.04 Å². The summed E-state index contributed by atoms with van der Waals surface area (Å²) in [6.45, 7) is 0. The third kappa shape index (κ3) is 3.57. The van der Waals surface area contributed by atoms with Crippen LogP contribution >= 0.6 is 0 Å².